The molecule has 2 atom stereocenters. The van der Waals surface area contributed by atoms with Gasteiger partial charge in [0, 0.05) is 26.1 Å². The summed E-state index contributed by atoms with van der Waals surface area (Å²) in [7, 11) is 0. The van der Waals surface area contributed by atoms with Crippen LogP contribution in [0.25, 0.3) is 0 Å². The Morgan fingerprint density at radius 2 is 2.00 bits per heavy atom. The van der Waals surface area contributed by atoms with Crippen molar-refractivity contribution in [3.05, 3.63) is 35.9 Å². The molecule has 3 rings (SSSR count). The SMILES string of the molecule is CC[C@H]1C[C@@H](O)CC2(CCN(CCOCc3ccccc3)CC2)O1. The zero-order chi connectivity index (χ0) is 16.8. The van der Waals surface area contributed by atoms with Crippen molar-refractivity contribution in [1.29, 1.82) is 0 Å². The quantitative estimate of drug-likeness (QED) is 0.813. The van der Waals surface area contributed by atoms with Crippen molar-refractivity contribution in [1.82, 2.24) is 4.90 Å². The maximum atomic E-state index is 10.2. The zero-order valence-corrected chi connectivity index (χ0v) is 14.8. The number of rotatable bonds is 6. The van der Waals surface area contributed by atoms with Gasteiger partial charge in [-0.15, -0.1) is 0 Å². The summed E-state index contributed by atoms with van der Waals surface area (Å²) < 4.78 is 12.1. The molecule has 2 fully saturated rings. The largest absolute Gasteiger partial charge is 0.393 e. The van der Waals surface area contributed by atoms with Gasteiger partial charge in [0.05, 0.1) is 31.0 Å². The summed E-state index contributed by atoms with van der Waals surface area (Å²) in [5.41, 5.74) is 1.14. The Kier molecular flexibility index (Phi) is 6.28. The highest BCUT2D eigenvalue weighted by molar-refractivity contribution is 5.13. The maximum absolute atomic E-state index is 10.2. The van der Waals surface area contributed by atoms with E-state index >= 15 is 0 Å². The van der Waals surface area contributed by atoms with Gasteiger partial charge in [0.25, 0.3) is 0 Å². The lowest BCUT2D eigenvalue weighted by atomic mass is 9.81. The first-order valence-electron chi connectivity index (χ1n) is 9.39. The van der Waals surface area contributed by atoms with Gasteiger partial charge in [0.2, 0.25) is 0 Å². The molecule has 1 N–H and O–H groups in total. The molecule has 1 spiro atoms. The monoisotopic (exact) mass is 333 g/mol. The van der Waals surface area contributed by atoms with Crippen LogP contribution in [0.4, 0.5) is 0 Å². The molecule has 1 aromatic carbocycles. The van der Waals surface area contributed by atoms with E-state index < -0.39 is 0 Å². The average molecular weight is 333 g/mol. The molecule has 0 bridgehead atoms. The topological polar surface area (TPSA) is 41.9 Å². The summed E-state index contributed by atoms with van der Waals surface area (Å²) in [4.78, 5) is 2.46. The van der Waals surface area contributed by atoms with Gasteiger partial charge in [-0.25, -0.2) is 0 Å². The van der Waals surface area contributed by atoms with Crippen molar-refractivity contribution in [2.75, 3.05) is 26.2 Å². The molecule has 1 aromatic rings. The van der Waals surface area contributed by atoms with Gasteiger partial charge < -0.3 is 19.5 Å². The predicted octanol–water partition coefficient (Wildman–Crippen LogP) is 2.99. The van der Waals surface area contributed by atoms with Gasteiger partial charge in [-0.2, -0.15) is 0 Å². The lowest BCUT2D eigenvalue weighted by Gasteiger charge is -2.48. The van der Waals surface area contributed by atoms with Crippen LogP contribution in [0.15, 0.2) is 30.3 Å². The van der Waals surface area contributed by atoms with Crippen LogP contribution in [-0.4, -0.2) is 54.1 Å². The first-order chi connectivity index (χ1) is 11.7. The third-order valence-electron chi connectivity index (χ3n) is 5.45. The second kappa shape index (κ2) is 8.43. The summed E-state index contributed by atoms with van der Waals surface area (Å²) in [5, 5.41) is 10.2. The van der Waals surface area contributed by atoms with Crippen molar-refractivity contribution in [2.45, 2.75) is 63.4 Å². The fourth-order valence-corrected chi connectivity index (χ4v) is 3.98. The van der Waals surface area contributed by atoms with Crippen molar-refractivity contribution in [3.63, 3.8) is 0 Å². The third-order valence-corrected chi connectivity index (χ3v) is 5.45. The van der Waals surface area contributed by atoms with E-state index in [9.17, 15) is 5.11 Å². The Bertz CT molecular complexity index is 485. The smallest absolute Gasteiger partial charge is 0.0735 e. The number of piperidine rings is 1. The molecule has 0 amide bonds. The minimum Gasteiger partial charge on any atom is -0.393 e. The van der Waals surface area contributed by atoms with E-state index in [4.69, 9.17) is 9.47 Å². The van der Waals surface area contributed by atoms with Crippen molar-refractivity contribution < 1.29 is 14.6 Å². The van der Waals surface area contributed by atoms with Crippen LogP contribution >= 0.6 is 0 Å². The van der Waals surface area contributed by atoms with Crippen LogP contribution in [0.1, 0.15) is 44.6 Å². The Hall–Kier alpha value is -0.940. The molecular formula is C20H31NO3. The van der Waals surface area contributed by atoms with E-state index in [0.29, 0.717) is 6.61 Å². The van der Waals surface area contributed by atoms with Gasteiger partial charge in [-0.1, -0.05) is 37.3 Å². The first-order valence-corrected chi connectivity index (χ1v) is 9.39. The van der Waals surface area contributed by atoms with Crippen molar-refractivity contribution in [3.8, 4) is 0 Å². The van der Waals surface area contributed by atoms with Crippen LogP contribution in [0.5, 0.6) is 0 Å². The molecule has 2 aliphatic rings. The number of likely N-dealkylation sites (tertiary alicyclic amines) is 1. The lowest BCUT2D eigenvalue weighted by molar-refractivity contribution is -0.182. The number of ether oxygens (including phenoxy) is 2. The number of aliphatic hydroxyl groups excluding tert-OH is 1. The Morgan fingerprint density at radius 3 is 2.71 bits per heavy atom. The summed E-state index contributed by atoms with van der Waals surface area (Å²) in [6, 6.07) is 10.3. The van der Waals surface area contributed by atoms with E-state index in [-0.39, 0.29) is 17.8 Å². The van der Waals surface area contributed by atoms with E-state index in [2.05, 4.69) is 24.0 Å². The molecule has 24 heavy (non-hydrogen) atoms. The number of hydrogen-bond donors (Lipinski definition) is 1. The Balaban J connectivity index is 1.37. The number of nitrogens with zero attached hydrogens (tertiary/aromatic N) is 1. The Labute approximate surface area is 145 Å². The van der Waals surface area contributed by atoms with E-state index in [1.165, 1.54) is 5.56 Å². The molecule has 2 heterocycles. The molecule has 2 aliphatic heterocycles. The standard InChI is InChI=1S/C20H31NO3/c1-2-19-14-18(22)15-20(24-19)8-10-21(11-9-20)12-13-23-16-17-6-4-3-5-7-17/h3-7,18-19,22H,2,8-16H2,1H3/t18-,19+/m1/s1. The van der Waals surface area contributed by atoms with Crippen molar-refractivity contribution >= 4 is 0 Å². The van der Waals surface area contributed by atoms with Gasteiger partial charge in [0.15, 0.2) is 0 Å². The van der Waals surface area contributed by atoms with E-state index in [0.717, 1.165) is 58.3 Å². The zero-order valence-electron chi connectivity index (χ0n) is 14.8. The van der Waals surface area contributed by atoms with Crippen LogP contribution in [0, 0.1) is 0 Å². The molecule has 0 aliphatic carbocycles. The third kappa shape index (κ3) is 4.79. The van der Waals surface area contributed by atoms with Gasteiger partial charge in [0.1, 0.15) is 0 Å². The summed E-state index contributed by atoms with van der Waals surface area (Å²) in [6.07, 6.45) is 4.70. The summed E-state index contributed by atoms with van der Waals surface area (Å²) >= 11 is 0. The second-order valence-electron chi connectivity index (χ2n) is 7.30. The van der Waals surface area contributed by atoms with Crippen molar-refractivity contribution in [2.24, 2.45) is 0 Å². The highest BCUT2D eigenvalue weighted by Gasteiger charge is 2.42. The van der Waals surface area contributed by atoms with Crippen LogP contribution in [0.2, 0.25) is 0 Å². The van der Waals surface area contributed by atoms with Gasteiger partial charge in [-0.3, -0.25) is 0 Å². The first kappa shape index (κ1) is 17.9. The average Bonchev–Trinajstić information content (AvgIpc) is 2.60. The molecule has 4 nitrogen and oxygen atoms in total. The van der Waals surface area contributed by atoms with Crippen LogP contribution in [-0.2, 0) is 16.1 Å². The predicted molar refractivity (Wildman–Crippen MR) is 94.9 cm³/mol. The number of benzene rings is 1. The number of aliphatic hydroxyl groups is 1. The van der Waals surface area contributed by atoms with Crippen LogP contribution < -0.4 is 0 Å². The van der Waals surface area contributed by atoms with E-state index in [1.807, 2.05) is 18.2 Å². The molecule has 0 radical (unpaired) electrons. The second-order valence-corrected chi connectivity index (χ2v) is 7.30. The lowest BCUT2D eigenvalue weighted by Crippen LogP contribution is -2.53. The van der Waals surface area contributed by atoms with Gasteiger partial charge >= 0.3 is 0 Å². The molecule has 0 saturated carbocycles. The summed E-state index contributed by atoms with van der Waals surface area (Å²) in [5.74, 6) is 0. The fraction of sp³-hybridized carbons (Fsp3) is 0.700. The molecule has 0 aromatic heterocycles. The normalized spacial score (nSPS) is 27.4. The number of hydrogen-bond acceptors (Lipinski definition) is 4. The Morgan fingerprint density at radius 1 is 1.25 bits per heavy atom. The molecule has 0 unspecified atom stereocenters. The summed E-state index contributed by atoms with van der Waals surface area (Å²) in [6.45, 7) is 6.66. The fourth-order valence-electron chi connectivity index (χ4n) is 3.98. The minimum atomic E-state index is -0.190. The highest BCUT2D eigenvalue weighted by atomic mass is 16.5. The maximum Gasteiger partial charge on any atom is 0.0735 e. The molecule has 4 heteroatoms. The minimum absolute atomic E-state index is 0.0836. The van der Waals surface area contributed by atoms with E-state index in [1.54, 1.807) is 0 Å². The molecule has 134 valence electrons. The van der Waals surface area contributed by atoms with Gasteiger partial charge in [-0.05, 0) is 31.2 Å². The molecule has 2 saturated heterocycles. The highest BCUT2D eigenvalue weighted by Crippen LogP contribution is 2.38. The van der Waals surface area contributed by atoms with Crippen LogP contribution in [0.3, 0.4) is 0 Å². The molecular weight excluding hydrogens is 302 g/mol.